The Hall–Kier alpha value is -4.01. The van der Waals surface area contributed by atoms with Crippen LogP contribution >= 0.6 is 11.6 Å². The summed E-state index contributed by atoms with van der Waals surface area (Å²) in [7, 11) is 0. The second-order valence-corrected chi connectivity index (χ2v) is 10.1. The Labute approximate surface area is 219 Å². The molecule has 1 aliphatic rings. The highest BCUT2D eigenvalue weighted by Crippen LogP contribution is 2.26. The number of aliphatic hydroxyl groups is 1. The predicted octanol–water partition coefficient (Wildman–Crippen LogP) is 3.58. The number of nitrogens with one attached hydrogen (secondary N) is 2. The molecule has 0 spiro atoms. The number of nitrogens with zero attached hydrogens (tertiary/aromatic N) is 8. The van der Waals surface area contributed by atoms with Gasteiger partial charge in [0.1, 0.15) is 16.7 Å². The summed E-state index contributed by atoms with van der Waals surface area (Å²) < 4.78 is 1.95. The summed E-state index contributed by atoms with van der Waals surface area (Å²) in [5.74, 6) is 1.76. The number of pyridine rings is 1. The Morgan fingerprint density at radius 3 is 2.68 bits per heavy atom. The SMILES string of the molecule is CC(C)(O)Cc1cnc2cc(Nc3ncc(Cl)c(NC4CCN(c5ccc(C#N)nn5)CC4)n3)ccn12. The van der Waals surface area contributed by atoms with E-state index in [-0.39, 0.29) is 6.04 Å². The molecule has 5 heterocycles. The summed E-state index contributed by atoms with van der Waals surface area (Å²) in [6.07, 6.45) is 7.50. The zero-order valence-electron chi connectivity index (χ0n) is 20.6. The molecule has 3 N–H and O–H groups in total. The first-order valence-electron chi connectivity index (χ1n) is 12.0. The van der Waals surface area contributed by atoms with Gasteiger partial charge in [0.05, 0.1) is 11.8 Å². The van der Waals surface area contributed by atoms with Crippen molar-refractivity contribution in [2.45, 2.75) is 44.8 Å². The van der Waals surface area contributed by atoms with E-state index < -0.39 is 5.60 Å². The van der Waals surface area contributed by atoms with Crippen molar-refractivity contribution >= 4 is 40.5 Å². The lowest BCUT2D eigenvalue weighted by atomic mass is 10.0. The van der Waals surface area contributed by atoms with Crippen molar-refractivity contribution in [3.05, 3.63) is 59.3 Å². The van der Waals surface area contributed by atoms with E-state index in [0.29, 0.717) is 28.9 Å². The van der Waals surface area contributed by atoms with E-state index in [1.54, 1.807) is 32.3 Å². The van der Waals surface area contributed by atoms with Crippen LogP contribution in [0.25, 0.3) is 5.65 Å². The Morgan fingerprint density at radius 2 is 1.97 bits per heavy atom. The molecule has 0 unspecified atom stereocenters. The van der Waals surface area contributed by atoms with E-state index in [1.165, 1.54) is 0 Å². The average molecular weight is 519 g/mol. The standard InChI is InChI=1S/C25H27ClN10O/c1-25(2,37)12-19-14-28-22-11-17(7-10-36(19)22)31-24-29-15-20(26)23(32-24)30-16-5-8-35(9-6-16)21-4-3-18(13-27)33-34-21/h3-4,7,10-11,14-16,37H,5-6,8-9,12H2,1-2H3,(H2,29,30,31,32). The molecule has 190 valence electrons. The number of rotatable bonds is 7. The molecule has 12 heteroatoms. The lowest BCUT2D eigenvalue weighted by Crippen LogP contribution is -2.39. The molecule has 0 aliphatic carbocycles. The Kier molecular flexibility index (Phi) is 6.78. The van der Waals surface area contributed by atoms with Crippen LogP contribution in [0.3, 0.4) is 0 Å². The van der Waals surface area contributed by atoms with Gasteiger partial charge >= 0.3 is 0 Å². The quantitative estimate of drug-likeness (QED) is 0.332. The fourth-order valence-electron chi connectivity index (χ4n) is 4.34. The molecule has 4 aromatic heterocycles. The van der Waals surface area contributed by atoms with Gasteiger partial charge in [-0.2, -0.15) is 10.2 Å². The molecule has 11 nitrogen and oxygen atoms in total. The average Bonchev–Trinajstić information content (AvgIpc) is 3.27. The maximum atomic E-state index is 10.1. The smallest absolute Gasteiger partial charge is 0.229 e. The van der Waals surface area contributed by atoms with E-state index in [9.17, 15) is 5.11 Å². The first-order valence-corrected chi connectivity index (χ1v) is 12.4. The van der Waals surface area contributed by atoms with Crippen LogP contribution in [0.1, 0.15) is 38.1 Å². The molecule has 37 heavy (non-hydrogen) atoms. The maximum absolute atomic E-state index is 10.1. The lowest BCUT2D eigenvalue weighted by molar-refractivity contribution is 0.0797. The highest BCUT2D eigenvalue weighted by molar-refractivity contribution is 6.32. The highest BCUT2D eigenvalue weighted by atomic mass is 35.5. The van der Waals surface area contributed by atoms with Gasteiger partial charge in [-0.15, -0.1) is 10.2 Å². The zero-order chi connectivity index (χ0) is 26.0. The van der Waals surface area contributed by atoms with Crippen LogP contribution in [-0.4, -0.2) is 59.4 Å². The van der Waals surface area contributed by atoms with Gasteiger partial charge in [-0.25, -0.2) is 9.97 Å². The summed E-state index contributed by atoms with van der Waals surface area (Å²) in [6, 6.07) is 9.50. The van der Waals surface area contributed by atoms with E-state index in [4.69, 9.17) is 16.9 Å². The fraction of sp³-hybridized carbons (Fsp3) is 0.360. The summed E-state index contributed by atoms with van der Waals surface area (Å²) in [4.78, 5) is 15.5. The van der Waals surface area contributed by atoms with Crippen LogP contribution in [0.15, 0.2) is 42.9 Å². The molecule has 1 fully saturated rings. The van der Waals surface area contributed by atoms with Crippen molar-refractivity contribution in [2.75, 3.05) is 28.6 Å². The third-order valence-electron chi connectivity index (χ3n) is 6.13. The molecule has 1 aliphatic heterocycles. The number of anilines is 4. The van der Waals surface area contributed by atoms with Crippen molar-refractivity contribution in [1.82, 2.24) is 29.5 Å². The van der Waals surface area contributed by atoms with Gasteiger partial charge in [-0.3, -0.25) is 0 Å². The number of nitriles is 1. The van der Waals surface area contributed by atoms with Gasteiger partial charge in [0.25, 0.3) is 0 Å². The number of fused-ring (bicyclic) bond motifs is 1. The molecule has 0 aromatic carbocycles. The van der Waals surface area contributed by atoms with Gasteiger partial charge in [-0.1, -0.05) is 11.6 Å². The highest BCUT2D eigenvalue weighted by Gasteiger charge is 2.22. The van der Waals surface area contributed by atoms with Crippen LogP contribution in [0.4, 0.5) is 23.3 Å². The monoisotopic (exact) mass is 518 g/mol. The Morgan fingerprint density at radius 1 is 1.16 bits per heavy atom. The Bertz CT molecular complexity index is 1430. The summed E-state index contributed by atoms with van der Waals surface area (Å²) in [6.45, 7) is 5.15. The molecule has 4 aromatic rings. The van der Waals surface area contributed by atoms with Gasteiger partial charge in [0, 0.05) is 55.4 Å². The summed E-state index contributed by atoms with van der Waals surface area (Å²) in [5, 5.41) is 34.2. The van der Waals surface area contributed by atoms with Crippen molar-refractivity contribution < 1.29 is 5.11 Å². The summed E-state index contributed by atoms with van der Waals surface area (Å²) in [5.41, 5.74) is 1.97. The van der Waals surface area contributed by atoms with Crippen molar-refractivity contribution in [1.29, 1.82) is 5.26 Å². The topological polar surface area (TPSA) is 140 Å². The second kappa shape index (κ2) is 10.2. The third-order valence-corrected chi connectivity index (χ3v) is 6.41. The number of hydrogen-bond acceptors (Lipinski definition) is 10. The van der Waals surface area contributed by atoms with Gasteiger partial charge < -0.3 is 25.0 Å². The summed E-state index contributed by atoms with van der Waals surface area (Å²) >= 11 is 6.40. The molecule has 5 rings (SSSR count). The van der Waals surface area contributed by atoms with Gasteiger partial charge in [0.15, 0.2) is 17.3 Å². The minimum atomic E-state index is -0.818. The van der Waals surface area contributed by atoms with Crippen LogP contribution in [0.5, 0.6) is 0 Å². The minimum Gasteiger partial charge on any atom is -0.390 e. The van der Waals surface area contributed by atoms with Crippen LogP contribution in [0.2, 0.25) is 5.02 Å². The minimum absolute atomic E-state index is 0.193. The van der Waals surface area contributed by atoms with Crippen LogP contribution in [-0.2, 0) is 6.42 Å². The number of hydrogen-bond donors (Lipinski definition) is 3. The maximum Gasteiger partial charge on any atom is 0.229 e. The number of aromatic nitrogens is 6. The van der Waals surface area contributed by atoms with E-state index in [1.807, 2.05) is 34.9 Å². The molecular weight excluding hydrogens is 492 g/mol. The third kappa shape index (κ3) is 5.87. The van der Waals surface area contributed by atoms with Crippen molar-refractivity contribution in [2.24, 2.45) is 0 Å². The van der Waals surface area contributed by atoms with Crippen LogP contribution in [0, 0.1) is 11.3 Å². The fourth-order valence-corrected chi connectivity index (χ4v) is 4.49. The zero-order valence-corrected chi connectivity index (χ0v) is 21.3. The van der Waals surface area contributed by atoms with Crippen molar-refractivity contribution in [3.8, 4) is 6.07 Å². The first kappa shape index (κ1) is 24.7. The molecule has 0 amide bonds. The van der Waals surface area contributed by atoms with Crippen molar-refractivity contribution in [3.63, 3.8) is 0 Å². The Balaban J connectivity index is 1.23. The van der Waals surface area contributed by atoms with E-state index in [2.05, 4.69) is 40.7 Å². The predicted molar refractivity (Wildman–Crippen MR) is 141 cm³/mol. The van der Waals surface area contributed by atoms with E-state index in [0.717, 1.165) is 48.8 Å². The molecule has 0 atom stereocenters. The number of halogens is 1. The van der Waals surface area contributed by atoms with Gasteiger partial charge in [0.2, 0.25) is 5.95 Å². The normalized spacial score (nSPS) is 14.5. The van der Waals surface area contributed by atoms with E-state index >= 15 is 0 Å². The molecular formula is C25H27ClN10O. The largest absolute Gasteiger partial charge is 0.390 e. The number of imidazole rings is 1. The molecule has 0 radical (unpaired) electrons. The molecule has 0 saturated carbocycles. The first-order chi connectivity index (χ1) is 17.8. The molecule has 1 saturated heterocycles. The lowest BCUT2D eigenvalue weighted by Gasteiger charge is -2.33. The molecule has 0 bridgehead atoms. The number of piperidine rings is 1. The van der Waals surface area contributed by atoms with Gasteiger partial charge in [-0.05, 0) is 44.9 Å². The second-order valence-electron chi connectivity index (χ2n) is 9.69. The van der Waals surface area contributed by atoms with Crippen LogP contribution < -0.4 is 15.5 Å².